The number of para-hydroxylation sites is 1. The number of rotatable bonds is 11. The lowest BCUT2D eigenvalue weighted by atomic mass is 10.1. The maximum atomic E-state index is 12.7. The van der Waals surface area contributed by atoms with Gasteiger partial charge in [0.05, 0.1) is 18.8 Å². The van der Waals surface area contributed by atoms with Crippen LogP contribution < -0.4 is 9.47 Å². The molecule has 32 heavy (non-hydrogen) atoms. The third-order valence-electron chi connectivity index (χ3n) is 4.56. The average Bonchev–Trinajstić information content (AvgIpc) is 2.83. The number of carbonyl (C=O) groups excluding carboxylic acids is 2. The van der Waals surface area contributed by atoms with Crippen LogP contribution in [0.15, 0.2) is 78.9 Å². The summed E-state index contributed by atoms with van der Waals surface area (Å²) in [5.74, 6) is -0.213. The van der Waals surface area contributed by atoms with Crippen molar-refractivity contribution < 1.29 is 28.5 Å². The van der Waals surface area contributed by atoms with Crippen LogP contribution in [0.25, 0.3) is 0 Å². The van der Waals surface area contributed by atoms with Crippen molar-refractivity contribution in [3.8, 4) is 11.5 Å². The second kappa shape index (κ2) is 12.3. The van der Waals surface area contributed by atoms with Crippen molar-refractivity contribution in [2.24, 2.45) is 0 Å². The Hall–Kier alpha value is -3.64. The zero-order valence-electron chi connectivity index (χ0n) is 18.0. The van der Waals surface area contributed by atoms with Gasteiger partial charge in [-0.15, -0.1) is 0 Å². The van der Waals surface area contributed by atoms with Crippen LogP contribution >= 0.6 is 0 Å². The molecule has 0 fully saturated rings. The topological polar surface area (TPSA) is 71.1 Å². The minimum Gasteiger partial charge on any atom is -0.492 e. The van der Waals surface area contributed by atoms with Crippen molar-refractivity contribution in [3.05, 3.63) is 95.6 Å². The van der Waals surface area contributed by atoms with Gasteiger partial charge in [-0.2, -0.15) is 0 Å². The molecule has 0 heterocycles. The van der Waals surface area contributed by atoms with Gasteiger partial charge in [0.15, 0.2) is 0 Å². The molecule has 166 valence electrons. The van der Waals surface area contributed by atoms with Crippen molar-refractivity contribution in [1.29, 1.82) is 0 Å². The summed E-state index contributed by atoms with van der Waals surface area (Å²) in [6, 6.07) is 23.1. The first kappa shape index (κ1) is 23.0. The van der Waals surface area contributed by atoms with Gasteiger partial charge in [-0.3, -0.25) is 0 Å². The van der Waals surface area contributed by atoms with Gasteiger partial charge in [0, 0.05) is 13.0 Å². The molecule has 0 aliphatic heterocycles. The Morgan fingerprint density at radius 3 is 2.22 bits per heavy atom. The van der Waals surface area contributed by atoms with Crippen molar-refractivity contribution >= 4 is 11.9 Å². The fraction of sp³-hybridized carbons (Fsp3) is 0.231. The molecule has 0 aliphatic rings. The number of carbonyl (C=O) groups is 2. The molecule has 0 N–H and O–H groups in total. The normalized spacial score (nSPS) is 10.4. The molecule has 3 rings (SSSR count). The first-order chi connectivity index (χ1) is 15.7. The van der Waals surface area contributed by atoms with E-state index in [1.807, 2.05) is 37.3 Å². The molecule has 0 bridgehead atoms. The molecule has 6 heteroatoms. The fourth-order valence-electron chi connectivity index (χ4n) is 2.93. The van der Waals surface area contributed by atoms with Crippen LogP contribution in [0.5, 0.6) is 11.5 Å². The highest BCUT2D eigenvalue weighted by molar-refractivity contribution is 5.94. The summed E-state index contributed by atoms with van der Waals surface area (Å²) in [7, 11) is 0. The van der Waals surface area contributed by atoms with Crippen molar-refractivity contribution in [3.63, 3.8) is 0 Å². The summed E-state index contributed by atoms with van der Waals surface area (Å²) in [5.41, 5.74) is 1.86. The van der Waals surface area contributed by atoms with E-state index in [1.54, 1.807) is 48.5 Å². The van der Waals surface area contributed by atoms with Gasteiger partial charge in [-0.1, -0.05) is 42.5 Å². The van der Waals surface area contributed by atoms with Gasteiger partial charge in [-0.25, -0.2) is 9.59 Å². The van der Waals surface area contributed by atoms with Gasteiger partial charge in [0.1, 0.15) is 23.7 Å². The highest BCUT2D eigenvalue weighted by Gasteiger charge is 2.15. The summed E-state index contributed by atoms with van der Waals surface area (Å²) >= 11 is 0. The first-order valence-electron chi connectivity index (χ1n) is 10.5. The van der Waals surface area contributed by atoms with Crippen LogP contribution in [0.2, 0.25) is 0 Å². The van der Waals surface area contributed by atoms with Crippen LogP contribution in [-0.4, -0.2) is 38.4 Å². The standard InChI is InChI=1S/C26H26O6/c1-2-29-18-19-31-25(27)21-12-14-22(15-13-21)32-26(28)23-10-6-7-11-24(23)30-17-16-20-8-4-3-5-9-20/h3-15H,2,16-19H2,1H3. The molecular formula is C26H26O6. The third-order valence-corrected chi connectivity index (χ3v) is 4.56. The lowest BCUT2D eigenvalue weighted by Crippen LogP contribution is -2.12. The highest BCUT2D eigenvalue weighted by Crippen LogP contribution is 2.21. The Bertz CT molecular complexity index is 998. The predicted molar refractivity (Wildman–Crippen MR) is 120 cm³/mol. The maximum Gasteiger partial charge on any atom is 0.347 e. The lowest BCUT2D eigenvalue weighted by molar-refractivity contribution is 0.0335. The molecule has 0 amide bonds. The average molecular weight is 434 g/mol. The molecule has 0 saturated heterocycles. The Morgan fingerprint density at radius 1 is 0.750 bits per heavy atom. The van der Waals surface area contributed by atoms with Gasteiger partial charge < -0.3 is 18.9 Å². The predicted octanol–water partition coefficient (Wildman–Crippen LogP) is 4.72. The third kappa shape index (κ3) is 6.96. The number of hydrogen-bond acceptors (Lipinski definition) is 6. The van der Waals surface area contributed by atoms with Gasteiger partial charge in [0.25, 0.3) is 0 Å². The van der Waals surface area contributed by atoms with Crippen LogP contribution in [0.3, 0.4) is 0 Å². The van der Waals surface area contributed by atoms with Crippen LogP contribution in [0.4, 0.5) is 0 Å². The quantitative estimate of drug-likeness (QED) is 0.247. The molecule has 3 aromatic rings. The van der Waals surface area contributed by atoms with E-state index >= 15 is 0 Å². The molecule has 0 radical (unpaired) electrons. The van der Waals surface area contributed by atoms with Crippen molar-refractivity contribution in [1.82, 2.24) is 0 Å². The highest BCUT2D eigenvalue weighted by atomic mass is 16.6. The molecule has 3 aromatic carbocycles. The summed E-state index contributed by atoms with van der Waals surface area (Å²) in [6.45, 7) is 3.42. The second-order valence-corrected chi connectivity index (χ2v) is 6.83. The van der Waals surface area contributed by atoms with E-state index in [4.69, 9.17) is 18.9 Å². The molecule has 6 nitrogen and oxygen atoms in total. The van der Waals surface area contributed by atoms with E-state index in [0.717, 1.165) is 12.0 Å². The molecule has 0 unspecified atom stereocenters. The first-order valence-corrected chi connectivity index (χ1v) is 10.5. The van der Waals surface area contributed by atoms with E-state index in [-0.39, 0.29) is 6.61 Å². The SMILES string of the molecule is CCOCCOC(=O)c1ccc(OC(=O)c2ccccc2OCCc2ccccc2)cc1. The lowest BCUT2D eigenvalue weighted by Gasteiger charge is -2.11. The van der Waals surface area contributed by atoms with Crippen LogP contribution in [-0.2, 0) is 15.9 Å². The molecule has 0 aromatic heterocycles. The molecule has 0 saturated carbocycles. The van der Waals surface area contributed by atoms with Crippen LogP contribution in [0.1, 0.15) is 33.2 Å². The fourth-order valence-corrected chi connectivity index (χ4v) is 2.93. The summed E-state index contributed by atoms with van der Waals surface area (Å²) in [4.78, 5) is 24.7. The number of benzene rings is 3. The number of hydrogen-bond donors (Lipinski definition) is 0. The smallest absolute Gasteiger partial charge is 0.347 e. The van der Waals surface area contributed by atoms with Crippen LogP contribution in [0, 0.1) is 0 Å². The van der Waals surface area contributed by atoms with Gasteiger partial charge in [0.2, 0.25) is 0 Å². The zero-order chi connectivity index (χ0) is 22.6. The van der Waals surface area contributed by atoms with E-state index in [9.17, 15) is 9.59 Å². The number of ether oxygens (including phenoxy) is 4. The van der Waals surface area contributed by atoms with E-state index in [0.29, 0.717) is 42.4 Å². The van der Waals surface area contributed by atoms with E-state index in [1.165, 1.54) is 0 Å². The summed E-state index contributed by atoms with van der Waals surface area (Å²) < 4.78 is 21.5. The number of esters is 2. The minimum absolute atomic E-state index is 0.185. The molecular weight excluding hydrogens is 408 g/mol. The van der Waals surface area contributed by atoms with Crippen molar-refractivity contribution in [2.45, 2.75) is 13.3 Å². The monoisotopic (exact) mass is 434 g/mol. The van der Waals surface area contributed by atoms with Gasteiger partial charge >= 0.3 is 11.9 Å². The minimum atomic E-state index is -0.535. The molecule has 0 spiro atoms. The molecule has 0 atom stereocenters. The Morgan fingerprint density at radius 2 is 1.47 bits per heavy atom. The summed E-state index contributed by atoms with van der Waals surface area (Å²) in [5, 5.41) is 0. The Balaban J connectivity index is 1.55. The Kier molecular flexibility index (Phi) is 8.83. The molecule has 0 aliphatic carbocycles. The van der Waals surface area contributed by atoms with Crippen molar-refractivity contribution in [2.75, 3.05) is 26.4 Å². The second-order valence-electron chi connectivity index (χ2n) is 6.83. The Labute approximate surface area is 187 Å². The summed E-state index contributed by atoms with van der Waals surface area (Å²) in [6.07, 6.45) is 0.729. The zero-order valence-corrected chi connectivity index (χ0v) is 18.0. The van der Waals surface area contributed by atoms with Gasteiger partial charge in [-0.05, 0) is 48.9 Å². The van der Waals surface area contributed by atoms with E-state index < -0.39 is 11.9 Å². The van der Waals surface area contributed by atoms with E-state index in [2.05, 4.69) is 0 Å². The largest absolute Gasteiger partial charge is 0.492 e. The maximum absolute atomic E-state index is 12.7.